The summed E-state index contributed by atoms with van der Waals surface area (Å²) in [5.41, 5.74) is 1.25. The standard InChI is InChI=1S/C17H18F3NO3/c1-22-15-9-5-7-13(16(15)23-2)11-21-10-12-6-3-4-8-14(12)24-17(18,19)20/h3-9,21H,10-11H2,1-2H3. The van der Waals surface area contributed by atoms with Crippen LogP contribution in [-0.4, -0.2) is 20.6 Å². The fraction of sp³-hybridized carbons (Fsp3) is 0.294. The van der Waals surface area contributed by atoms with Crippen LogP contribution in [0.15, 0.2) is 42.5 Å². The van der Waals surface area contributed by atoms with Gasteiger partial charge >= 0.3 is 6.36 Å². The summed E-state index contributed by atoms with van der Waals surface area (Å²) in [4.78, 5) is 0. The Labute approximate surface area is 138 Å². The van der Waals surface area contributed by atoms with Crippen molar-refractivity contribution in [2.45, 2.75) is 19.5 Å². The molecular weight excluding hydrogens is 323 g/mol. The summed E-state index contributed by atoms with van der Waals surface area (Å²) in [6.07, 6.45) is -4.72. The smallest absolute Gasteiger partial charge is 0.493 e. The number of para-hydroxylation sites is 2. The topological polar surface area (TPSA) is 39.7 Å². The number of alkyl halides is 3. The minimum absolute atomic E-state index is 0.213. The van der Waals surface area contributed by atoms with Gasteiger partial charge in [0.25, 0.3) is 0 Å². The number of benzene rings is 2. The summed E-state index contributed by atoms with van der Waals surface area (Å²) in [5, 5.41) is 3.09. The van der Waals surface area contributed by atoms with Crippen molar-refractivity contribution in [2.24, 2.45) is 0 Å². The van der Waals surface area contributed by atoms with Crippen molar-refractivity contribution in [2.75, 3.05) is 14.2 Å². The van der Waals surface area contributed by atoms with Gasteiger partial charge in [-0.25, -0.2) is 0 Å². The zero-order chi connectivity index (χ0) is 17.6. The van der Waals surface area contributed by atoms with E-state index in [9.17, 15) is 13.2 Å². The summed E-state index contributed by atoms with van der Waals surface area (Å²) < 4.78 is 51.8. The summed E-state index contributed by atoms with van der Waals surface area (Å²) >= 11 is 0. The van der Waals surface area contributed by atoms with Gasteiger partial charge < -0.3 is 19.5 Å². The van der Waals surface area contributed by atoms with Crippen LogP contribution >= 0.6 is 0 Å². The van der Waals surface area contributed by atoms with Gasteiger partial charge in [-0.2, -0.15) is 0 Å². The second-order valence-corrected chi connectivity index (χ2v) is 4.91. The third-order valence-corrected chi connectivity index (χ3v) is 3.31. The molecule has 0 bridgehead atoms. The predicted molar refractivity (Wildman–Crippen MR) is 83.2 cm³/mol. The molecule has 2 aromatic carbocycles. The molecule has 0 saturated heterocycles. The molecule has 4 nitrogen and oxygen atoms in total. The SMILES string of the molecule is COc1cccc(CNCc2ccccc2OC(F)(F)F)c1OC. The fourth-order valence-corrected chi connectivity index (χ4v) is 2.30. The highest BCUT2D eigenvalue weighted by Gasteiger charge is 2.31. The Kier molecular flexibility index (Phi) is 5.92. The summed E-state index contributed by atoms with van der Waals surface area (Å²) in [7, 11) is 3.08. The number of hydrogen-bond acceptors (Lipinski definition) is 4. The molecule has 7 heteroatoms. The van der Waals surface area contributed by atoms with Crippen LogP contribution < -0.4 is 19.5 Å². The van der Waals surface area contributed by atoms with E-state index in [1.165, 1.54) is 19.2 Å². The van der Waals surface area contributed by atoms with E-state index in [4.69, 9.17) is 9.47 Å². The van der Waals surface area contributed by atoms with Gasteiger partial charge in [0.05, 0.1) is 14.2 Å². The van der Waals surface area contributed by atoms with E-state index in [2.05, 4.69) is 10.1 Å². The molecule has 0 saturated carbocycles. The lowest BCUT2D eigenvalue weighted by Crippen LogP contribution is -2.20. The van der Waals surface area contributed by atoms with Gasteiger partial charge in [-0.3, -0.25) is 0 Å². The minimum atomic E-state index is -4.72. The summed E-state index contributed by atoms with van der Waals surface area (Å²) in [6, 6.07) is 11.5. The van der Waals surface area contributed by atoms with Gasteiger partial charge in [-0.15, -0.1) is 13.2 Å². The Morgan fingerprint density at radius 3 is 2.12 bits per heavy atom. The van der Waals surface area contributed by atoms with Crippen molar-refractivity contribution >= 4 is 0 Å². The van der Waals surface area contributed by atoms with E-state index in [1.807, 2.05) is 12.1 Å². The van der Waals surface area contributed by atoms with Crippen LogP contribution in [0, 0.1) is 0 Å². The first-order valence-corrected chi connectivity index (χ1v) is 7.19. The molecule has 0 atom stereocenters. The molecule has 0 fully saturated rings. The van der Waals surface area contributed by atoms with Crippen molar-refractivity contribution in [1.82, 2.24) is 5.32 Å². The highest BCUT2D eigenvalue weighted by atomic mass is 19.4. The molecule has 0 heterocycles. The third kappa shape index (κ3) is 4.79. The van der Waals surface area contributed by atoms with Crippen LogP contribution in [0.25, 0.3) is 0 Å². The van der Waals surface area contributed by atoms with Crippen LogP contribution in [0.1, 0.15) is 11.1 Å². The maximum Gasteiger partial charge on any atom is 0.573 e. The molecule has 130 valence electrons. The minimum Gasteiger partial charge on any atom is -0.493 e. The van der Waals surface area contributed by atoms with E-state index < -0.39 is 6.36 Å². The van der Waals surface area contributed by atoms with E-state index in [0.29, 0.717) is 23.6 Å². The molecule has 0 radical (unpaired) electrons. The van der Waals surface area contributed by atoms with Crippen molar-refractivity contribution < 1.29 is 27.4 Å². The van der Waals surface area contributed by atoms with Crippen molar-refractivity contribution in [3.05, 3.63) is 53.6 Å². The van der Waals surface area contributed by atoms with Crippen molar-refractivity contribution in [1.29, 1.82) is 0 Å². The Balaban J connectivity index is 2.05. The predicted octanol–water partition coefficient (Wildman–Crippen LogP) is 3.89. The lowest BCUT2D eigenvalue weighted by Gasteiger charge is -2.15. The zero-order valence-corrected chi connectivity index (χ0v) is 13.3. The number of halogens is 3. The Hall–Kier alpha value is -2.41. The van der Waals surface area contributed by atoms with E-state index in [0.717, 1.165) is 5.56 Å². The molecule has 2 rings (SSSR count). The van der Waals surface area contributed by atoms with Crippen molar-refractivity contribution in [3.8, 4) is 17.2 Å². The van der Waals surface area contributed by atoms with Gasteiger partial charge in [0, 0.05) is 24.2 Å². The van der Waals surface area contributed by atoms with Crippen LogP contribution in [0.3, 0.4) is 0 Å². The number of hydrogen-bond donors (Lipinski definition) is 1. The first-order valence-electron chi connectivity index (χ1n) is 7.19. The number of ether oxygens (including phenoxy) is 3. The average molecular weight is 341 g/mol. The Morgan fingerprint density at radius 2 is 1.46 bits per heavy atom. The Morgan fingerprint density at radius 1 is 0.833 bits per heavy atom. The molecule has 24 heavy (non-hydrogen) atoms. The zero-order valence-electron chi connectivity index (χ0n) is 13.3. The second kappa shape index (κ2) is 7.92. The lowest BCUT2D eigenvalue weighted by molar-refractivity contribution is -0.274. The third-order valence-electron chi connectivity index (χ3n) is 3.31. The molecule has 1 N–H and O–H groups in total. The van der Waals surface area contributed by atoms with Crippen LogP contribution in [0.2, 0.25) is 0 Å². The summed E-state index contributed by atoms with van der Waals surface area (Å²) in [5.74, 6) is 0.972. The van der Waals surface area contributed by atoms with E-state index in [1.54, 1.807) is 25.3 Å². The van der Waals surface area contributed by atoms with Crippen LogP contribution in [-0.2, 0) is 13.1 Å². The summed E-state index contributed by atoms with van der Waals surface area (Å²) in [6.45, 7) is 0.618. The van der Waals surface area contributed by atoms with Gasteiger partial charge in [-0.1, -0.05) is 30.3 Å². The monoisotopic (exact) mass is 341 g/mol. The molecule has 0 spiro atoms. The highest BCUT2D eigenvalue weighted by molar-refractivity contribution is 5.46. The molecular formula is C17H18F3NO3. The van der Waals surface area contributed by atoms with E-state index >= 15 is 0 Å². The lowest BCUT2D eigenvalue weighted by atomic mass is 10.1. The second-order valence-electron chi connectivity index (χ2n) is 4.91. The van der Waals surface area contributed by atoms with Crippen LogP contribution in [0.4, 0.5) is 13.2 Å². The average Bonchev–Trinajstić information content (AvgIpc) is 2.54. The number of rotatable bonds is 7. The first-order chi connectivity index (χ1) is 11.4. The molecule has 2 aromatic rings. The Bertz CT molecular complexity index is 674. The largest absolute Gasteiger partial charge is 0.573 e. The van der Waals surface area contributed by atoms with Gasteiger partial charge in [0.15, 0.2) is 11.5 Å². The first kappa shape index (κ1) is 17.9. The number of nitrogens with one attached hydrogen (secondary N) is 1. The van der Waals surface area contributed by atoms with Gasteiger partial charge in [0.1, 0.15) is 5.75 Å². The fourth-order valence-electron chi connectivity index (χ4n) is 2.30. The van der Waals surface area contributed by atoms with Crippen molar-refractivity contribution in [3.63, 3.8) is 0 Å². The van der Waals surface area contributed by atoms with E-state index in [-0.39, 0.29) is 12.3 Å². The molecule has 0 aliphatic carbocycles. The maximum absolute atomic E-state index is 12.4. The van der Waals surface area contributed by atoms with Gasteiger partial charge in [0.2, 0.25) is 0 Å². The highest BCUT2D eigenvalue weighted by Crippen LogP contribution is 2.31. The molecule has 0 aromatic heterocycles. The maximum atomic E-state index is 12.4. The number of methoxy groups -OCH3 is 2. The quantitative estimate of drug-likeness (QED) is 0.829. The van der Waals surface area contributed by atoms with Gasteiger partial charge in [-0.05, 0) is 12.1 Å². The molecule has 0 unspecified atom stereocenters. The normalized spacial score (nSPS) is 11.2. The van der Waals surface area contributed by atoms with Crippen LogP contribution in [0.5, 0.6) is 17.2 Å². The molecule has 0 aliphatic heterocycles. The molecule has 0 aliphatic rings. The molecule has 0 amide bonds.